The maximum Gasteiger partial charge on any atom is -0.0260 e. The molecule has 10 heavy (non-hydrogen) atoms. The van der Waals surface area contributed by atoms with E-state index in [1.807, 2.05) is 0 Å². The van der Waals surface area contributed by atoms with E-state index in [0.29, 0.717) is 0 Å². The van der Waals surface area contributed by atoms with Gasteiger partial charge < -0.3 is 0 Å². The molecule has 0 heteroatoms. The molecule has 1 unspecified atom stereocenters. The van der Waals surface area contributed by atoms with Crippen LogP contribution in [0.3, 0.4) is 0 Å². The fourth-order valence-corrected chi connectivity index (χ4v) is 1.19. The van der Waals surface area contributed by atoms with Crippen molar-refractivity contribution in [2.45, 2.75) is 40.5 Å². The lowest BCUT2D eigenvalue weighted by molar-refractivity contribution is 0.502. The van der Waals surface area contributed by atoms with Crippen LogP contribution in [-0.4, -0.2) is 0 Å². The van der Waals surface area contributed by atoms with Gasteiger partial charge in [0, 0.05) is 0 Å². The second-order valence-corrected chi connectivity index (χ2v) is 3.44. The maximum absolute atomic E-state index is 2.32. The van der Waals surface area contributed by atoms with E-state index in [1.165, 1.54) is 12.8 Å². The first kappa shape index (κ1) is 9.74. The smallest absolute Gasteiger partial charge is 0.0260 e. The second kappa shape index (κ2) is 5.52. The summed E-state index contributed by atoms with van der Waals surface area (Å²) >= 11 is 0. The van der Waals surface area contributed by atoms with Crippen LogP contribution in [0, 0.1) is 11.8 Å². The van der Waals surface area contributed by atoms with E-state index < -0.39 is 0 Å². The van der Waals surface area contributed by atoms with Gasteiger partial charge in [0.05, 0.1) is 0 Å². The van der Waals surface area contributed by atoms with E-state index in [0.717, 1.165) is 11.8 Å². The minimum Gasteiger partial charge on any atom is -0.0885 e. The summed E-state index contributed by atoms with van der Waals surface area (Å²) in [5, 5.41) is 0. The first-order chi connectivity index (χ1) is 4.66. The van der Waals surface area contributed by atoms with Crippen molar-refractivity contribution in [2.75, 3.05) is 0 Å². The van der Waals surface area contributed by atoms with Crippen LogP contribution in [0.5, 0.6) is 0 Å². The van der Waals surface area contributed by atoms with Crippen molar-refractivity contribution in [1.82, 2.24) is 0 Å². The van der Waals surface area contributed by atoms with Gasteiger partial charge in [0.25, 0.3) is 0 Å². The highest BCUT2D eigenvalue weighted by molar-refractivity contribution is 4.85. The van der Waals surface area contributed by atoms with Crippen LogP contribution in [0.2, 0.25) is 0 Å². The quantitative estimate of drug-likeness (QED) is 0.523. The molecule has 0 aromatic heterocycles. The normalized spacial score (nSPS) is 14.9. The third kappa shape index (κ3) is 5.87. The third-order valence-corrected chi connectivity index (χ3v) is 1.54. The minimum absolute atomic E-state index is 0.764. The van der Waals surface area contributed by atoms with Crippen molar-refractivity contribution >= 4 is 0 Å². The molecule has 0 aliphatic rings. The summed E-state index contributed by atoms with van der Waals surface area (Å²) < 4.78 is 0. The van der Waals surface area contributed by atoms with E-state index >= 15 is 0 Å². The molecule has 0 radical (unpaired) electrons. The fourth-order valence-electron chi connectivity index (χ4n) is 1.19. The van der Waals surface area contributed by atoms with Crippen molar-refractivity contribution in [3.05, 3.63) is 12.2 Å². The Kier molecular flexibility index (Phi) is 5.38. The first-order valence-electron chi connectivity index (χ1n) is 4.33. The SMILES string of the molecule is CCC=CC(C)CC(C)C. The summed E-state index contributed by atoms with van der Waals surface area (Å²) in [6.45, 7) is 9.01. The molecule has 0 spiro atoms. The van der Waals surface area contributed by atoms with E-state index in [2.05, 4.69) is 39.8 Å². The summed E-state index contributed by atoms with van der Waals surface area (Å²) in [4.78, 5) is 0. The zero-order valence-corrected chi connectivity index (χ0v) is 7.72. The van der Waals surface area contributed by atoms with E-state index in [9.17, 15) is 0 Å². The molecular weight excluding hydrogens is 120 g/mol. The molecule has 0 aliphatic heterocycles. The van der Waals surface area contributed by atoms with Crippen LogP contribution in [0.15, 0.2) is 12.2 Å². The Morgan fingerprint density at radius 1 is 1.20 bits per heavy atom. The van der Waals surface area contributed by atoms with Crippen molar-refractivity contribution in [1.29, 1.82) is 0 Å². The van der Waals surface area contributed by atoms with Crippen LogP contribution in [0.1, 0.15) is 40.5 Å². The van der Waals surface area contributed by atoms with Crippen molar-refractivity contribution in [3.63, 3.8) is 0 Å². The molecule has 60 valence electrons. The van der Waals surface area contributed by atoms with Gasteiger partial charge in [0.1, 0.15) is 0 Å². The topological polar surface area (TPSA) is 0 Å². The molecule has 0 amide bonds. The highest BCUT2D eigenvalue weighted by Crippen LogP contribution is 2.11. The Labute approximate surface area is 65.3 Å². The van der Waals surface area contributed by atoms with Gasteiger partial charge in [-0.05, 0) is 24.7 Å². The molecule has 0 aromatic carbocycles. The Morgan fingerprint density at radius 3 is 2.20 bits per heavy atom. The van der Waals surface area contributed by atoms with Crippen molar-refractivity contribution in [2.24, 2.45) is 11.8 Å². The lowest BCUT2D eigenvalue weighted by atomic mass is 9.98. The Morgan fingerprint density at radius 2 is 1.80 bits per heavy atom. The molecule has 0 heterocycles. The minimum atomic E-state index is 0.764. The van der Waals surface area contributed by atoms with E-state index in [-0.39, 0.29) is 0 Å². The number of hydrogen-bond donors (Lipinski definition) is 0. The van der Waals surface area contributed by atoms with E-state index in [1.54, 1.807) is 0 Å². The molecule has 0 saturated heterocycles. The molecule has 0 bridgehead atoms. The highest BCUT2D eigenvalue weighted by atomic mass is 14.0. The van der Waals surface area contributed by atoms with Gasteiger partial charge in [-0.1, -0.05) is 39.8 Å². The molecule has 0 rings (SSSR count). The van der Waals surface area contributed by atoms with Crippen LogP contribution in [-0.2, 0) is 0 Å². The standard InChI is InChI=1S/C10H20/c1-5-6-7-10(4)8-9(2)3/h6-7,9-10H,5,8H2,1-4H3. The molecule has 0 fully saturated rings. The van der Waals surface area contributed by atoms with Crippen LogP contribution >= 0.6 is 0 Å². The largest absolute Gasteiger partial charge is 0.0885 e. The van der Waals surface area contributed by atoms with Gasteiger partial charge in [-0.3, -0.25) is 0 Å². The fraction of sp³-hybridized carbons (Fsp3) is 0.800. The maximum atomic E-state index is 2.32. The molecule has 1 atom stereocenters. The summed E-state index contributed by atoms with van der Waals surface area (Å²) in [5.74, 6) is 1.59. The van der Waals surface area contributed by atoms with Gasteiger partial charge in [-0.15, -0.1) is 0 Å². The van der Waals surface area contributed by atoms with Crippen LogP contribution in [0.4, 0.5) is 0 Å². The highest BCUT2D eigenvalue weighted by Gasteiger charge is 1.99. The molecule has 0 saturated carbocycles. The van der Waals surface area contributed by atoms with E-state index in [4.69, 9.17) is 0 Å². The Balaban J connectivity index is 3.42. The third-order valence-electron chi connectivity index (χ3n) is 1.54. The monoisotopic (exact) mass is 140 g/mol. The lowest BCUT2D eigenvalue weighted by Crippen LogP contribution is -1.95. The lowest BCUT2D eigenvalue weighted by Gasteiger charge is -2.08. The second-order valence-electron chi connectivity index (χ2n) is 3.44. The average Bonchev–Trinajstić information content (AvgIpc) is 1.82. The van der Waals surface area contributed by atoms with Crippen molar-refractivity contribution < 1.29 is 0 Å². The number of allylic oxidation sites excluding steroid dienone is 2. The zero-order valence-electron chi connectivity index (χ0n) is 7.72. The average molecular weight is 140 g/mol. The summed E-state index contributed by atoms with van der Waals surface area (Å²) in [6, 6.07) is 0. The van der Waals surface area contributed by atoms with Gasteiger partial charge >= 0.3 is 0 Å². The predicted octanol–water partition coefficient (Wildman–Crippen LogP) is 3.63. The molecular formula is C10H20. The summed E-state index contributed by atoms with van der Waals surface area (Å²) in [5.41, 5.74) is 0. The molecule has 0 nitrogen and oxygen atoms in total. The first-order valence-corrected chi connectivity index (χ1v) is 4.33. The zero-order chi connectivity index (χ0) is 7.98. The predicted molar refractivity (Wildman–Crippen MR) is 48.1 cm³/mol. The Bertz CT molecular complexity index is 90.2. The number of rotatable bonds is 4. The summed E-state index contributed by atoms with van der Waals surface area (Å²) in [6.07, 6.45) is 7.06. The molecule has 0 N–H and O–H groups in total. The summed E-state index contributed by atoms with van der Waals surface area (Å²) in [7, 11) is 0. The van der Waals surface area contributed by atoms with Gasteiger partial charge in [-0.25, -0.2) is 0 Å². The van der Waals surface area contributed by atoms with Gasteiger partial charge in [0.2, 0.25) is 0 Å². The van der Waals surface area contributed by atoms with Crippen LogP contribution < -0.4 is 0 Å². The van der Waals surface area contributed by atoms with Crippen molar-refractivity contribution in [3.8, 4) is 0 Å². The Hall–Kier alpha value is -0.260. The van der Waals surface area contributed by atoms with Gasteiger partial charge in [-0.2, -0.15) is 0 Å². The molecule has 0 aliphatic carbocycles. The molecule has 0 aromatic rings. The van der Waals surface area contributed by atoms with Crippen LogP contribution in [0.25, 0.3) is 0 Å². The number of hydrogen-bond acceptors (Lipinski definition) is 0. The van der Waals surface area contributed by atoms with Gasteiger partial charge in [0.15, 0.2) is 0 Å².